The minimum atomic E-state index is 0.660. The zero-order valence-corrected chi connectivity index (χ0v) is 10.5. The average Bonchev–Trinajstić information content (AvgIpc) is 3.04. The molecule has 0 amide bonds. The van der Waals surface area contributed by atoms with E-state index in [1.54, 1.807) is 0 Å². The number of aromatic nitrogens is 4. The Morgan fingerprint density at radius 2 is 2.05 bits per heavy atom. The van der Waals surface area contributed by atoms with Crippen molar-refractivity contribution in [3.05, 3.63) is 47.4 Å². The van der Waals surface area contributed by atoms with Gasteiger partial charge in [-0.05, 0) is 25.0 Å². The molecule has 0 aliphatic carbocycles. The van der Waals surface area contributed by atoms with Gasteiger partial charge in [0.15, 0.2) is 0 Å². The topological polar surface area (TPSA) is 56.7 Å². The van der Waals surface area contributed by atoms with E-state index in [1.807, 2.05) is 19.1 Å². The number of hydrogen-bond acceptors (Lipinski definition) is 4. The predicted octanol–water partition coefficient (Wildman–Crippen LogP) is 2.33. The second-order valence-corrected chi connectivity index (χ2v) is 4.74. The van der Waals surface area contributed by atoms with Crippen LogP contribution in [0.4, 0.5) is 0 Å². The maximum Gasteiger partial charge on any atom is 0.207 e. The molecule has 1 aliphatic heterocycles. The van der Waals surface area contributed by atoms with Crippen LogP contribution in [-0.2, 0) is 12.8 Å². The van der Waals surface area contributed by atoms with Gasteiger partial charge in [-0.25, -0.2) is 0 Å². The first-order valence-electron chi connectivity index (χ1n) is 6.29. The highest BCUT2D eigenvalue weighted by Gasteiger charge is 2.23. The van der Waals surface area contributed by atoms with Crippen LogP contribution in [0.5, 0.6) is 0 Å². The minimum Gasteiger partial charge on any atom is -0.353 e. The molecule has 0 radical (unpaired) electrons. The van der Waals surface area contributed by atoms with Crippen LogP contribution in [-0.4, -0.2) is 19.9 Å². The molecule has 1 aromatic carbocycles. The molecule has 19 heavy (non-hydrogen) atoms. The van der Waals surface area contributed by atoms with Crippen molar-refractivity contribution >= 4 is 0 Å². The van der Waals surface area contributed by atoms with Gasteiger partial charge in [-0.3, -0.25) is 4.57 Å². The predicted molar refractivity (Wildman–Crippen MR) is 69.0 cm³/mol. The van der Waals surface area contributed by atoms with Crippen LogP contribution in [0.15, 0.2) is 34.9 Å². The molecule has 3 aromatic rings. The summed E-state index contributed by atoms with van der Waals surface area (Å²) in [5, 5.41) is 12.4. The summed E-state index contributed by atoms with van der Waals surface area (Å²) >= 11 is 0. The molecule has 2 aromatic heterocycles. The summed E-state index contributed by atoms with van der Waals surface area (Å²) in [6.45, 7) is 1.90. The third-order valence-corrected chi connectivity index (χ3v) is 3.43. The molecule has 0 bridgehead atoms. The van der Waals surface area contributed by atoms with Crippen molar-refractivity contribution in [3.8, 4) is 17.3 Å². The molecular formula is C14H12N4O. The van der Waals surface area contributed by atoms with Gasteiger partial charge in [0.05, 0.1) is 11.4 Å². The first kappa shape index (κ1) is 10.5. The van der Waals surface area contributed by atoms with Crippen molar-refractivity contribution in [3.63, 3.8) is 0 Å². The van der Waals surface area contributed by atoms with Crippen LogP contribution in [0.25, 0.3) is 17.3 Å². The van der Waals surface area contributed by atoms with Crippen LogP contribution in [0.2, 0.25) is 0 Å². The van der Waals surface area contributed by atoms with Gasteiger partial charge in [-0.15, -0.1) is 10.2 Å². The van der Waals surface area contributed by atoms with Crippen LogP contribution >= 0.6 is 0 Å². The molecule has 1 aliphatic rings. The van der Waals surface area contributed by atoms with Crippen molar-refractivity contribution in [2.24, 2.45) is 0 Å². The molecule has 0 spiro atoms. The zero-order valence-electron chi connectivity index (χ0n) is 10.5. The van der Waals surface area contributed by atoms with Gasteiger partial charge in [0.2, 0.25) is 11.6 Å². The van der Waals surface area contributed by atoms with Crippen LogP contribution < -0.4 is 0 Å². The lowest BCUT2D eigenvalue weighted by molar-refractivity contribution is 0.423. The number of benzene rings is 1. The molecule has 0 unspecified atom stereocenters. The smallest absolute Gasteiger partial charge is 0.207 e. The van der Waals surface area contributed by atoms with Crippen LogP contribution in [0.3, 0.4) is 0 Å². The summed E-state index contributed by atoms with van der Waals surface area (Å²) in [4.78, 5) is 0. The zero-order chi connectivity index (χ0) is 12.8. The minimum absolute atomic E-state index is 0.660. The fourth-order valence-corrected chi connectivity index (χ4v) is 2.55. The Labute approximate surface area is 109 Å². The molecule has 0 fully saturated rings. The lowest BCUT2D eigenvalue weighted by Crippen LogP contribution is -2.12. The van der Waals surface area contributed by atoms with Gasteiger partial charge in [-0.1, -0.05) is 23.4 Å². The maximum atomic E-state index is 5.32. The molecule has 94 valence electrons. The molecule has 4 rings (SSSR count). The van der Waals surface area contributed by atoms with E-state index in [0.29, 0.717) is 5.76 Å². The molecule has 0 saturated carbocycles. The molecule has 0 saturated heterocycles. The highest BCUT2D eigenvalue weighted by Crippen LogP contribution is 2.29. The fraction of sp³-hybridized carbons (Fsp3) is 0.214. The summed E-state index contributed by atoms with van der Waals surface area (Å²) in [5.74, 6) is 2.36. The fourth-order valence-electron chi connectivity index (χ4n) is 2.55. The van der Waals surface area contributed by atoms with Gasteiger partial charge < -0.3 is 4.52 Å². The summed E-state index contributed by atoms with van der Waals surface area (Å²) in [6, 6.07) is 10.2. The van der Waals surface area contributed by atoms with Crippen molar-refractivity contribution in [1.82, 2.24) is 19.9 Å². The van der Waals surface area contributed by atoms with Crippen molar-refractivity contribution < 1.29 is 4.52 Å². The van der Waals surface area contributed by atoms with E-state index in [4.69, 9.17) is 4.52 Å². The number of hydrogen-bond donors (Lipinski definition) is 0. The lowest BCUT2D eigenvalue weighted by Gasteiger charge is -2.18. The van der Waals surface area contributed by atoms with Crippen molar-refractivity contribution in [2.45, 2.75) is 19.8 Å². The summed E-state index contributed by atoms with van der Waals surface area (Å²) in [5.41, 5.74) is 3.29. The second kappa shape index (κ2) is 3.78. The van der Waals surface area contributed by atoms with E-state index in [1.165, 1.54) is 5.56 Å². The highest BCUT2D eigenvalue weighted by molar-refractivity contribution is 5.56. The first-order chi connectivity index (χ1) is 9.33. The van der Waals surface area contributed by atoms with E-state index < -0.39 is 0 Å². The Morgan fingerprint density at radius 3 is 2.89 bits per heavy atom. The van der Waals surface area contributed by atoms with Gasteiger partial charge in [0.1, 0.15) is 5.82 Å². The number of aryl methyl sites for hydroxylation is 3. The SMILES string of the molecule is Cc1cc(-c2nnc3n2-c2ccccc2CC3)on1. The van der Waals surface area contributed by atoms with Crippen LogP contribution in [0, 0.1) is 6.92 Å². The van der Waals surface area contributed by atoms with Gasteiger partial charge in [0, 0.05) is 12.5 Å². The highest BCUT2D eigenvalue weighted by atomic mass is 16.5. The molecule has 5 heteroatoms. The van der Waals surface area contributed by atoms with E-state index >= 15 is 0 Å². The number of nitrogens with zero attached hydrogens (tertiary/aromatic N) is 4. The average molecular weight is 252 g/mol. The Kier molecular flexibility index (Phi) is 2.09. The summed E-state index contributed by atoms with van der Waals surface area (Å²) in [7, 11) is 0. The lowest BCUT2D eigenvalue weighted by atomic mass is 10.0. The van der Waals surface area contributed by atoms with Crippen LogP contribution in [0.1, 0.15) is 17.1 Å². The number of fused-ring (bicyclic) bond motifs is 3. The second-order valence-electron chi connectivity index (χ2n) is 4.74. The third-order valence-electron chi connectivity index (χ3n) is 3.43. The molecular weight excluding hydrogens is 240 g/mol. The Bertz CT molecular complexity index is 756. The standard InChI is InChI=1S/C14H12N4O/c1-9-8-12(19-17-9)14-16-15-13-7-6-10-4-2-3-5-11(10)18(13)14/h2-5,8H,6-7H2,1H3. The normalized spacial score (nSPS) is 13.1. The molecule has 0 N–H and O–H groups in total. The van der Waals surface area contributed by atoms with E-state index in [-0.39, 0.29) is 0 Å². The molecule has 5 nitrogen and oxygen atoms in total. The van der Waals surface area contributed by atoms with E-state index in [0.717, 1.165) is 35.9 Å². The van der Waals surface area contributed by atoms with Crippen molar-refractivity contribution in [1.29, 1.82) is 0 Å². The van der Waals surface area contributed by atoms with Gasteiger partial charge in [-0.2, -0.15) is 0 Å². The molecule has 0 atom stereocenters. The third kappa shape index (κ3) is 1.51. The Hall–Kier alpha value is -2.43. The summed E-state index contributed by atoms with van der Waals surface area (Å²) < 4.78 is 7.38. The monoisotopic (exact) mass is 252 g/mol. The first-order valence-corrected chi connectivity index (χ1v) is 6.29. The van der Waals surface area contributed by atoms with Gasteiger partial charge in [0.25, 0.3) is 0 Å². The maximum absolute atomic E-state index is 5.32. The number of para-hydroxylation sites is 1. The van der Waals surface area contributed by atoms with E-state index in [9.17, 15) is 0 Å². The Balaban J connectivity index is 1.97. The number of rotatable bonds is 1. The molecule has 3 heterocycles. The van der Waals surface area contributed by atoms with Gasteiger partial charge >= 0.3 is 0 Å². The van der Waals surface area contributed by atoms with E-state index in [2.05, 4.69) is 38.1 Å². The quantitative estimate of drug-likeness (QED) is 0.667. The van der Waals surface area contributed by atoms with Crippen molar-refractivity contribution in [2.75, 3.05) is 0 Å². The largest absolute Gasteiger partial charge is 0.353 e. The summed E-state index contributed by atoms with van der Waals surface area (Å²) in [6.07, 6.45) is 1.90. The Morgan fingerprint density at radius 1 is 1.16 bits per heavy atom.